The molecule has 0 rings (SSSR count). The molecule has 0 N–H and O–H groups in total. The lowest BCUT2D eigenvalue weighted by Gasteiger charge is -1.11. The molecule has 0 fully saturated rings. The summed E-state index contributed by atoms with van der Waals surface area (Å²) in [6.07, 6.45) is 1.69. The fourth-order valence-electron chi connectivity index (χ4n) is 0. The zero-order valence-corrected chi connectivity index (χ0v) is 3.57. The summed E-state index contributed by atoms with van der Waals surface area (Å²) < 4.78 is 0. The zero-order valence-electron chi connectivity index (χ0n) is 2.67. The molecule has 38 valence electrons. The third-order valence-corrected chi connectivity index (χ3v) is 0. The van der Waals surface area contributed by atoms with Gasteiger partial charge < -0.3 is 0 Å². The molecule has 0 atom stereocenters. The summed E-state index contributed by atoms with van der Waals surface area (Å²) >= 11 is 3.53. The monoisotopic (exact) mass is 108 g/mol. The molecule has 0 unspecified atom stereocenters. The molecule has 0 aliphatic carbocycles. The zero-order chi connectivity index (χ0) is 2.00. The Morgan fingerprint density at radius 3 is 0.800 bits per heavy atom. The molecule has 4 heteroatoms. The maximum atomic E-state index is 3.53. The Bertz CT molecular complexity index is 6.85. The van der Waals surface area contributed by atoms with Crippen LogP contribution in [0.5, 0.6) is 0 Å². The van der Waals surface area contributed by atoms with E-state index < -0.39 is 0 Å². The molecule has 0 saturated heterocycles. The van der Waals surface area contributed by atoms with Gasteiger partial charge in [-0.25, -0.2) is 0 Å². The summed E-state index contributed by atoms with van der Waals surface area (Å²) in [7, 11) is 0. The Kier molecular flexibility index (Phi) is 28200. The lowest BCUT2D eigenvalue weighted by molar-refractivity contribution is 1.11. The van der Waals surface area contributed by atoms with E-state index in [9.17, 15) is 0 Å². The van der Waals surface area contributed by atoms with E-state index in [0.717, 1.165) is 0 Å². The molecule has 0 bridgehead atoms. The Balaban J connectivity index is -0.00000000167. The SMILES string of the molecule is CS.F.F.F. The predicted molar refractivity (Wildman–Crippen MR) is 22.4 cm³/mol. The van der Waals surface area contributed by atoms with Crippen LogP contribution in [-0.2, 0) is 0 Å². The van der Waals surface area contributed by atoms with E-state index in [1.807, 2.05) is 0 Å². The lowest BCUT2D eigenvalue weighted by Crippen LogP contribution is -0.865. The minimum atomic E-state index is 0. The van der Waals surface area contributed by atoms with E-state index in [0.29, 0.717) is 0 Å². The van der Waals surface area contributed by atoms with Gasteiger partial charge in [0.15, 0.2) is 0 Å². The van der Waals surface area contributed by atoms with E-state index in [1.165, 1.54) is 0 Å². The predicted octanol–water partition coefficient (Wildman–Crippen LogP) is 1.00. The largest absolute Gasteiger partial charge is 0.269 e. The van der Waals surface area contributed by atoms with Crippen LogP contribution in [0.15, 0.2) is 0 Å². The van der Waals surface area contributed by atoms with E-state index in [1.54, 1.807) is 6.26 Å². The van der Waals surface area contributed by atoms with Crippen molar-refractivity contribution in [3.63, 3.8) is 0 Å². The molecule has 0 aliphatic rings. The van der Waals surface area contributed by atoms with Gasteiger partial charge in [-0.1, -0.05) is 0 Å². The van der Waals surface area contributed by atoms with Crippen LogP contribution in [0.4, 0.5) is 14.1 Å². The number of rotatable bonds is 0. The molecule has 0 aliphatic heterocycles. The van der Waals surface area contributed by atoms with E-state index in [4.69, 9.17) is 0 Å². The number of hydrogen-bond donors (Lipinski definition) is 1. The summed E-state index contributed by atoms with van der Waals surface area (Å²) in [6, 6.07) is 0. The van der Waals surface area contributed by atoms with Gasteiger partial charge in [0.2, 0.25) is 0 Å². The van der Waals surface area contributed by atoms with Gasteiger partial charge in [-0.05, 0) is 6.26 Å². The van der Waals surface area contributed by atoms with Crippen LogP contribution in [0.25, 0.3) is 0 Å². The molecular weight excluding hydrogens is 101 g/mol. The van der Waals surface area contributed by atoms with Crippen LogP contribution in [0.1, 0.15) is 0 Å². The Labute approximate surface area is 34.1 Å². The topological polar surface area (TPSA) is 0 Å². The lowest BCUT2D eigenvalue weighted by atomic mass is 12.0. The van der Waals surface area contributed by atoms with Crippen molar-refractivity contribution < 1.29 is 14.1 Å². The molecule has 0 aromatic rings. The molecule has 0 amide bonds. The first-order chi connectivity index (χ1) is 1.00. The average molecular weight is 108 g/mol. The van der Waals surface area contributed by atoms with Crippen molar-refractivity contribution in [1.29, 1.82) is 0 Å². The van der Waals surface area contributed by atoms with Crippen LogP contribution in [-0.4, -0.2) is 6.26 Å². The van der Waals surface area contributed by atoms with Crippen molar-refractivity contribution >= 4 is 12.6 Å². The highest BCUT2D eigenvalue weighted by Crippen LogP contribution is 1.31. The first-order valence-electron chi connectivity index (χ1n) is 0.447. The highest BCUT2D eigenvalue weighted by molar-refractivity contribution is 7.79. The van der Waals surface area contributed by atoms with Gasteiger partial charge in [0.05, 0.1) is 0 Å². The average Bonchev–Trinajstić information content (AvgIpc) is 1.00. The molecule has 0 spiro atoms. The second-order valence-electron chi connectivity index (χ2n) is 0. The number of hydrogen-bond acceptors (Lipinski definition) is 1. The van der Waals surface area contributed by atoms with Gasteiger partial charge in [-0.2, -0.15) is 12.6 Å². The summed E-state index contributed by atoms with van der Waals surface area (Å²) in [5, 5.41) is 0. The molecular formula is CH7F3S. The maximum absolute atomic E-state index is 3.53. The van der Waals surface area contributed by atoms with Crippen molar-refractivity contribution in [2.24, 2.45) is 0 Å². The first-order valence-corrected chi connectivity index (χ1v) is 1.34. The minimum absolute atomic E-state index is 0. The normalized spacial score (nSPS) is 1.20. The molecule has 0 radical (unpaired) electrons. The highest BCUT2D eigenvalue weighted by Gasteiger charge is 0.901. The maximum Gasteiger partial charge on any atom is -0.0215 e. The fraction of sp³-hybridized carbons (Fsp3) is 1.00. The summed E-state index contributed by atoms with van der Waals surface area (Å²) in [6.45, 7) is 0. The number of thiol groups is 1. The second kappa shape index (κ2) is 2080. The van der Waals surface area contributed by atoms with Crippen molar-refractivity contribution in [3.05, 3.63) is 0 Å². The van der Waals surface area contributed by atoms with Gasteiger partial charge in [0, 0.05) is 0 Å². The van der Waals surface area contributed by atoms with Crippen LogP contribution >= 0.6 is 12.6 Å². The smallest absolute Gasteiger partial charge is 0.0215 e. The summed E-state index contributed by atoms with van der Waals surface area (Å²) in [5.41, 5.74) is 0. The Morgan fingerprint density at radius 1 is 0.800 bits per heavy atom. The van der Waals surface area contributed by atoms with Crippen molar-refractivity contribution in [2.45, 2.75) is 0 Å². The van der Waals surface area contributed by atoms with Crippen molar-refractivity contribution in [3.8, 4) is 0 Å². The Morgan fingerprint density at radius 2 is 0.800 bits per heavy atom. The van der Waals surface area contributed by atoms with Gasteiger partial charge >= 0.3 is 0 Å². The third-order valence-electron chi connectivity index (χ3n) is 0. The van der Waals surface area contributed by atoms with Crippen molar-refractivity contribution in [2.75, 3.05) is 6.26 Å². The molecule has 0 heterocycles. The van der Waals surface area contributed by atoms with Crippen LogP contribution in [0.2, 0.25) is 0 Å². The molecule has 0 aromatic carbocycles. The molecule has 0 aromatic heterocycles. The Hall–Kier alpha value is 0.140. The van der Waals surface area contributed by atoms with E-state index >= 15 is 0 Å². The van der Waals surface area contributed by atoms with Crippen LogP contribution in [0, 0.1) is 0 Å². The minimum Gasteiger partial charge on any atom is -0.269 e. The number of halogens is 3. The van der Waals surface area contributed by atoms with Gasteiger partial charge in [-0.15, -0.1) is 0 Å². The third kappa shape index (κ3) is 967. The van der Waals surface area contributed by atoms with Crippen LogP contribution < -0.4 is 0 Å². The first kappa shape index (κ1) is 67.8. The molecule has 0 nitrogen and oxygen atoms in total. The second-order valence-corrected chi connectivity index (χ2v) is 0. The van der Waals surface area contributed by atoms with Crippen LogP contribution in [0.3, 0.4) is 0 Å². The quantitative estimate of drug-likeness (QED) is 0.440. The fourth-order valence-corrected chi connectivity index (χ4v) is 0. The van der Waals surface area contributed by atoms with E-state index in [2.05, 4.69) is 12.6 Å². The standard InChI is InChI=1S/CH4S.3FH/c1-2;;;/h2H,1H3;3*1H. The summed E-state index contributed by atoms with van der Waals surface area (Å²) in [4.78, 5) is 0. The van der Waals surface area contributed by atoms with Gasteiger partial charge in [0.25, 0.3) is 0 Å². The summed E-state index contributed by atoms with van der Waals surface area (Å²) in [5.74, 6) is 0. The highest BCUT2D eigenvalue weighted by atomic mass is 32.1. The molecule has 5 heavy (non-hydrogen) atoms. The van der Waals surface area contributed by atoms with E-state index in [-0.39, 0.29) is 14.1 Å². The van der Waals surface area contributed by atoms with Gasteiger partial charge in [0.1, 0.15) is 0 Å². The molecule has 0 saturated carbocycles. The van der Waals surface area contributed by atoms with Gasteiger partial charge in [-0.3, -0.25) is 14.1 Å². The van der Waals surface area contributed by atoms with Crippen molar-refractivity contribution in [1.82, 2.24) is 0 Å².